The van der Waals surface area contributed by atoms with Gasteiger partial charge in [-0.15, -0.1) is 0 Å². The van der Waals surface area contributed by atoms with E-state index in [1.165, 1.54) is 33.5 Å². The van der Waals surface area contributed by atoms with E-state index < -0.39 is 17.6 Å². The summed E-state index contributed by atoms with van der Waals surface area (Å²) in [7, 11) is 4.39. The first kappa shape index (κ1) is 24.1. The molecule has 1 aliphatic rings. The molecular formula is C21H31N3O7. The van der Waals surface area contributed by atoms with Gasteiger partial charge in [0, 0.05) is 31.7 Å². The van der Waals surface area contributed by atoms with Gasteiger partial charge in [-0.3, -0.25) is 9.59 Å². The second-order valence-corrected chi connectivity index (χ2v) is 7.94. The molecule has 0 aliphatic carbocycles. The molecule has 10 heteroatoms. The van der Waals surface area contributed by atoms with Crippen LogP contribution in [0, 0.1) is 0 Å². The normalized spacial score (nSPS) is 14.0. The third kappa shape index (κ3) is 6.40. The number of carbonyl (C=O) groups is 3. The molecule has 2 rings (SSSR count). The van der Waals surface area contributed by atoms with Gasteiger partial charge in [-0.1, -0.05) is 0 Å². The highest BCUT2D eigenvalue weighted by Gasteiger charge is 2.28. The Morgan fingerprint density at radius 1 is 0.903 bits per heavy atom. The second-order valence-electron chi connectivity index (χ2n) is 7.94. The highest BCUT2D eigenvalue weighted by molar-refractivity contribution is 5.97. The molecule has 1 heterocycles. The van der Waals surface area contributed by atoms with Gasteiger partial charge in [0.05, 0.1) is 27.9 Å². The van der Waals surface area contributed by atoms with Crippen LogP contribution < -0.4 is 19.5 Å². The molecule has 0 radical (unpaired) electrons. The monoisotopic (exact) mass is 437 g/mol. The molecule has 31 heavy (non-hydrogen) atoms. The first-order chi connectivity index (χ1) is 14.6. The lowest BCUT2D eigenvalue weighted by molar-refractivity contribution is -0.131. The standard InChI is InChI=1S/C21H31N3O7/c1-21(2,3)31-20(27)24-9-7-23(8-10-24)17(25)13-22-19(26)14-11-15(28-4)18(30-6)16(12-14)29-5/h11-12H,7-10,13H2,1-6H3,(H,22,26). The number of benzene rings is 1. The number of nitrogens with zero attached hydrogens (tertiary/aromatic N) is 2. The highest BCUT2D eigenvalue weighted by Crippen LogP contribution is 2.38. The number of ether oxygens (including phenoxy) is 4. The minimum absolute atomic E-state index is 0.165. The SMILES string of the molecule is COc1cc(C(=O)NCC(=O)N2CCN(C(=O)OC(C)(C)C)CC2)cc(OC)c1OC. The molecule has 0 aromatic heterocycles. The van der Waals surface area contributed by atoms with E-state index in [0.717, 1.165) is 0 Å². The Morgan fingerprint density at radius 3 is 1.87 bits per heavy atom. The Labute approximate surface area is 182 Å². The largest absolute Gasteiger partial charge is 0.493 e. The Bertz CT molecular complexity index is 787. The topological polar surface area (TPSA) is 107 Å². The van der Waals surface area contributed by atoms with Gasteiger partial charge < -0.3 is 34.1 Å². The van der Waals surface area contributed by atoms with Crippen molar-refractivity contribution >= 4 is 17.9 Å². The van der Waals surface area contributed by atoms with E-state index in [9.17, 15) is 14.4 Å². The van der Waals surface area contributed by atoms with Crippen LogP contribution in [-0.4, -0.2) is 87.4 Å². The van der Waals surface area contributed by atoms with E-state index in [1.54, 1.807) is 30.6 Å². The first-order valence-electron chi connectivity index (χ1n) is 9.93. The molecule has 10 nitrogen and oxygen atoms in total. The van der Waals surface area contributed by atoms with Gasteiger partial charge in [0.2, 0.25) is 11.7 Å². The van der Waals surface area contributed by atoms with Crippen LogP contribution in [0.5, 0.6) is 17.2 Å². The van der Waals surface area contributed by atoms with Crippen LogP contribution in [0.15, 0.2) is 12.1 Å². The summed E-state index contributed by atoms with van der Waals surface area (Å²) in [5, 5.41) is 2.61. The molecular weight excluding hydrogens is 406 g/mol. The first-order valence-corrected chi connectivity index (χ1v) is 9.93. The molecule has 172 valence electrons. The Kier molecular flexibility index (Phi) is 7.95. The summed E-state index contributed by atoms with van der Waals surface area (Å²) < 4.78 is 21.1. The molecule has 1 saturated heterocycles. The van der Waals surface area contributed by atoms with Crippen LogP contribution in [-0.2, 0) is 9.53 Å². The van der Waals surface area contributed by atoms with E-state index in [2.05, 4.69) is 5.32 Å². The number of hydrogen-bond donors (Lipinski definition) is 1. The quantitative estimate of drug-likeness (QED) is 0.719. The van der Waals surface area contributed by atoms with Crippen molar-refractivity contribution in [3.05, 3.63) is 17.7 Å². The summed E-state index contributed by atoms with van der Waals surface area (Å²) in [6, 6.07) is 3.03. The van der Waals surface area contributed by atoms with Gasteiger partial charge in [-0.2, -0.15) is 0 Å². The number of rotatable bonds is 6. The average Bonchev–Trinajstić information content (AvgIpc) is 2.74. The summed E-state index contributed by atoms with van der Waals surface area (Å²) in [6.45, 7) is 6.76. The van der Waals surface area contributed by atoms with Crippen LogP contribution in [0.4, 0.5) is 4.79 Å². The zero-order valence-corrected chi connectivity index (χ0v) is 18.9. The smallest absolute Gasteiger partial charge is 0.410 e. The van der Waals surface area contributed by atoms with Crippen molar-refractivity contribution in [2.24, 2.45) is 0 Å². The maximum atomic E-state index is 12.5. The second kappa shape index (κ2) is 10.2. The molecule has 0 spiro atoms. The minimum atomic E-state index is -0.568. The fraction of sp³-hybridized carbons (Fsp3) is 0.571. The molecule has 1 aliphatic heterocycles. The van der Waals surface area contributed by atoms with E-state index >= 15 is 0 Å². The maximum absolute atomic E-state index is 12.5. The zero-order chi connectivity index (χ0) is 23.2. The lowest BCUT2D eigenvalue weighted by Gasteiger charge is -2.35. The third-order valence-corrected chi connectivity index (χ3v) is 4.61. The predicted octanol–water partition coefficient (Wildman–Crippen LogP) is 1.52. The average molecular weight is 437 g/mol. The molecule has 3 amide bonds. The van der Waals surface area contributed by atoms with Gasteiger partial charge in [0.15, 0.2) is 11.5 Å². The Balaban J connectivity index is 1.91. The number of methoxy groups -OCH3 is 3. The van der Waals surface area contributed by atoms with E-state index in [0.29, 0.717) is 43.4 Å². The molecule has 1 fully saturated rings. The summed E-state index contributed by atoms with van der Waals surface area (Å²) in [6.07, 6.45) is -0.393. The zero-order valence-electron chi connectivity index (χ0n) is 18.9. The number of carbonyl (C=O) groups excluding carboxylic acids is 3. The Hall–Kier alpha value is -3.17. The predicted molar refractivity (Wildman–Crippen MR) is 113 cm³/mol. The fourth-order valence-electron chi connectivity index (χ4n) is 3.05. The molecule has 0 unspecified atom stereocenters. The molecule has 0 saturated carbocycles. The lowest BCUT2D eigenvalue weighted by Crippen LogP contribution is -2.53. The van der Waals surface area contributed by atoms with Crippen molar-refractivity contribution in [3.8, 4) is 17.2 Å². The molecule has 0 atom stereocenters. The molecule has 1 N–H and O–H groups in total. The van der Waals surface area contributed by atoms with Gasteiger partial charge in [0.1, 0.15) is 5.60 Å². The van der Waals surface area contributed by atoms with Gasteiger partial charge in [0.25, 0.3) is 5.91 Å². The van der Waals surface area contributed by atoms with Crippen LogP contribution in [0.1, 0.15) is 31.1 Å². The van der Waals surface area contributed by atoms with Crippen LogP contribution in [0.2, 0.25) is 0 Å². The Morgan fingerprint density at radius 2 is 1.42 bits per heavy atom. The summed E-state index contributed by atoms with van der Waals surface area (Å²) in [5.74, 6) is 0.387. The number of piperazine rings is 1. The number of hydrogen-bond acceptors (Lipinski definition) is 7. The molecule has 1 aromatic rings. The van der Waals surface area contributed by atoms with Gasteiger partial charge >= 0.3 is 6.09 Å². The van der Waals surface area contributed by atoms with Crippen molar-refractivity contribution in [2.75, 3.05) is 54.1 Å². The summed E-state index contributed by atoms with van der Waals surface area (Å²) >= 11 is 0. The van der Waals surface area contributed by atoms with Crippen LogP contribution >= 0.6 is 0 Å². The third-order valence-electron chi connectivity index (χ3n) is 4.61. The van der Waals surface area contributed by atoms with E-state index in [-0.39, 0.29) is 18.0 Å². The van der Waals surface area contributed by atoms with Crippen molar-refractivity contribution < 1.29 is 33.3 Å². The summed E-state index contributed by atoms with van der Waals surface area (Å²) in [4.78, 5) is 40.3. The van der Waals surface area contributed by atoms with Crippen LogP contribution in [0.25, 0.3) is 0 Å². The van der Waals surface area contributed by atoms with Crippen molar-refractivity contribution in [3.63, 3.8) is 0 Å². The van der Waals surface area contributed by atoms with Gasteiger partial charge in [-0.05, 0) is 32.9 Å². The lowest BCUT2D eigenvalue weighted by atomic mass is 10.1. The van der Waals surface area contributed by atoms with Gasteiger partial charge in [-0.25, -0.2) is 4.79 Å². The number of amides is 3. The van der Waals surface area contributed by atoms with Crippen molar-refractivity contribution in [1.29, 1.82) is 0 Å². The highest BCUT2D eigenvalue weighted by atomic mass is 16.6. The summed E-state index contributed by atoms with van der Waals surface area (Å²) in [5.41, 5.74) is -0.293. The van der Waals surface area contributed by atoms with Crippen LogP contribution in [0.3, 0.4) is 0 Å². The number of nitrogens with one attached hydrogen (secondary N) is 1. The van der Waals surface area contributed by atoms with E-state index in [1.807, 2.05) is 0 Å². The van der Waals surface area contributed by atoms with Crippen molar-refractivity contribution in [2.45, 2.75) is 26.4 Å². The molecule has 1 aromatic carbocycles. The fourth-order valence-corrected chi connectivity index (χ4v) is 3.05. The molecule has 0 bridgehead atoms. The minimum Gasteiger partial charge on any atom is -0.493 e. The van der Waals surface area contributed by atoms with E-state index in [4.69, 9.17) is 18.9 Å². The van der Waals surface area contributed by atoms with Crippen molar-refractivity contribution in [1.82, 2.24) is 15.1 Å². The maximum Gasteiger partial charge on any atom is 0.410 e.